The molecule has 0 saturated carbocycles. The molecule has 1 aliphatic rings. The number of hydrogen-bond acceptors (Lipinski definition) is 7. The van der Waals surface area contributed by atoms with Crippen molar-refractivity contribution in [1.29, 1.82) is 0 Å². The molecule has 1 fully saturated rings. The molecule has 1 aromatic heterocycles. The number of aromatic nitrogens is 3. The van der Waals surface area contributed by atoms with Crippen LogP contribution in [0.15, 0.2) is 35.7 Å². The maximum absolute atomic E-state index is 11.1. The Morgan fingerprint density at radius 3 is 2.77 bits per heavy atom. The SMILES string of the molecule is CC1CN(Cn2ncn(/N=C/c3ccccc3[N+](=O)[O-])c2=S)CC(C)O1. The van der Waals surface area contributed by atoms with Crippen molar-refractivity contribution in [3.63, 3.8) is 0 Å². The first-order chi connectivity index (χ1) is 12.4. The van der Waals surface area contributed by atoms with E-state index in [1.54, 1.807) is 22.9 Å². The van der Waals surface area contributed by atoms with E-state index in [1.807, 2.05) is 13.8 Å². The number of benzene rings is 1. The molecule has 9 nitrogen and oxygen atoms in total. The first kappa shape index (κ1) is 18.4. The van der Waals surface area contributed by atoms with Crippen LogP contribution in [0, 0.1) is 14.9 Å². The van der Waals surface area contributed by atoms with Crippen molar-refractivity contribution < 1.29 is 9.66 Å². The van der Waals surface area contributed by atoms with Gasteiger partial charge in [0.15, 0.2) is 0 Å². The van der Waals surface area contributed by atoms with E-state index in [0.717, 1.165) is 13.1 Å². The Labute approximate surface area is 155 Å². The smallest absolute Gasteiger partial charge is 0.278 e. The van der Waals surface area contributed by atoms with Crippen LogP contribution >= 0.6 is 12.2 Å². The Morgan fingerprint density at radius 2 is 2.08 bits per heavy atom. The molecule has 0 aliphatic carbocycles. The minimum absolute atomic E-state index is 0.00791. The molecule has 0 bridgehead atoms. The molecule has 26 heavy (non-hydrogen) atoms. The number of rotatable bonds is 5. The first-order valence-electron chi connectivity index (χ1n) is 8.24. The molecule has 2 atom stereocenters. The molecular weight excluding hydrogens is 356 g/mol. The van der Waals surface area contributed by atoms with E-state index in [2.05, 4.69) is 15.1 Å². The largest absolute Gasteiger partial charge is 0.373 e. The van der Waals surface area contributed by atoms with Gasteiger partial charge in [0.25, 0.3) is 5.69 Å². The molecule has 1 saturated heterocycles. The predicted molar refractivity (Wildman–Crippen MR) is 98.7 cm³/mol. The predicted octanol–water partition coefficient (Wildman–Crippen LogP) is 2.27. The van der Waals surface area contributed by atoms with Gasteiger partial charge in [-0.3, -0.25) is 15.0 Å². The fourth-order valence-electron chi connectivity index (χ4n) is 2.98. The lowest BCUT2D eigenvalue weighted by Crippen LogP contribution is -2.46. The number of nitro groups is 1. The third-order valence-corrected chi connectivity index (χ3v) is 4.40. The summed E-state index contributed by atoms with van der Waals surface area (Å²) in [6.07, 6.45) is 3.23. The minimum Gasteiger partial charge on any atom is -0.373 e. The number of nitro benzene ring substituents is 1. The zero-order valence-corrected chi connectivity index (χ0v) is 15.4. The lowest BCUT2D eigenvalue weighted by atomic mass is 10.2. The third kappa shape index (κ3) is 4.21. The second-order valence-electron chi connectivity index (χ2n) is 6.25. The average Bonchev–Trinajstić information content (AvgIpc) is 2.92. The van der Waals surface area contributed by atoms with Gasteiger partial charge in [-0.25, -0.2) is 4.68 Å². The average molecular weight is 376 g/mol. The highest BCUT2D eigenvalue weighted by Crippen LogP contribution is 2.15. The van der Waals surface area contributed by atoms with Gasteiger partial charge >= 0.3 is 0 Å². The van der Waals surface area contributed by atoms with E-state index in [4.69, 9.17) is 17.0 Å². The van der Waals surface area contributed by atoms with Crippen LogP contribution in [0.5, 0.6) is 0 Å². The zero-order chi connectivity index (χ0) is 18.7. The first-order valence-corrected chi connectivity index (χ1v) is 8.65. The number of morpholine rings is 1. The highest BCUT2D eigenvalue weighted by molar-refractivity contribution is 7.71. The quantitative estimate of drug-likeness (QED) is 0.344. The highest BCUT2D eigenvalue weighted by atomic mass is 32.1. The molecule has 0 N–H and O–H groups in total. The van der Waals surface area contributed by atoms with Crippen molar-refractivity contribution in [2.24, 2.45) is 5.10 Å². The van der Waals surface area contributed by atoms with Crippen molar-refractivity contribution >= 4 is 24.1 Å². The molecule has 1 aromatic carbocycles. The van der Waals surface area contributed by atoms with Crippen molar-refractivity contribution in [2.75, 3.05) is 13.1 Å². The molecule has 0 amide bonds. The molecule has 2 heterocycles. The van der Waals surface area contributed by atoms with E-state index in [-0.39, 0.29) is 17.9 Å². The highest BCUT2D eigenvalue weighted by Gasteiger charge is 2.22. The van der Waals surface area contributed by atoms with E-state index in [1.165, 1.54) is 23.3 Å². The third-order valence-electron chi connectivity index (χ3n) is 4.00. The van der Waals surface area contributed by atoms with Gasteiger partial charge in [0.1, 0.15) is 6.33 Å². The number of para-hydroxylation sites is 1. The van der Waals surface area contributed by atoms with Gasteiger partial charge in [0.05, 0.1) is 35.6 Å². The van der Waals surface area contributed by atoms with E-state index < -0.39 is 4.92 Å². The van der Waals surface area contributed by atoms with Crippen molar-refractivity contribution in [2.45, 2.75) is 32.7 Å². The standard InChI is InChI=1S/C16H20N6O3S/c1-12-8-19(9-13(2)25-12)11-21-16(26)20(10-18-21)17-7-14-5-3-4-6-15(14)22(23)24/h3-7,10,12-13H,8-9,11H2,1-2H3/b17-7+. The summed E-state index contributed by atoms with van der Waals surface area (Å²) in [5.74, 6) is 0. The number of ether oxygens (including phenoxy) is 1. The lowest BCUT2D eigenvalue weighted by molar-refractivity contribution is -0.385. The summed E-state index contributed by atoms with van der Waals surface area (Å²) in [5.41, 5.74) is 0.398. The van der Waals surface area contributed by atoms with Crippen molar-refractivity contribution in [1.82, 2.24) is 19.4 Å². The second kappa shape index (κ2) is 7.85. The Balaban J connectivity index is 1.75. The van der Waals surface area contributed by atoms with Crippen molar-refractivity contribution in [3.8, 4) is 0 Å². The van der Waals surface area contributed by atoms with Crippen LogP contribution in [0.1, 0.15) is 19.4 Å². The molecule has 10 heteroatoms. The van der Waals surface area contributed by atoms with E-state index in [0.29, 0.717) is 17.0 Å². The lowest BCUT2D eigenvalue weighted by Gasteiger charge is -2.34. The Morgan fingerprint density at radius 1 is 1.38 bits per heavy atom. The van der Waals surface area contributed by atoms with Gasteiger partial charge < -0.3 is 4.74 Å². The van der Waals surface area contributed by atoms with Crippen LogP contribution in [-0.4, -0.2) is 55.8 Å². The van der Waals surface area contributed by atoms with Gasteiger partial charge in [-0.05, 0) is 32.1 Å². The summed E-state index contributed by atoms with van der Waals surface area (Å²) in [6.45, 7) is 6.23. The van der Waals surface area contributed by atoms with Gasteiger partial charge in [-0.1, -0.05) is 12.1 Å². The maximum Gasteiger partial charge on any atom is 0.278 e. The van der Waals surface area contributed by atoms with Crippen LogP contribution in [0.4, 0.5) is 5.69 Å². The zero-order valence-electron chi connectivity index (χ0n) is 14.6. The summed E-state index contributed by atoms with van der Waals surface area (Å²) < 4.78 is 9.26. The molecule has 2 unspecified atom stereocenters. The summed E-state index contributed by atoms with van der Waals surface area (Å²) in [7, 11) is 0. The molecular formula is C16H20N6O3S. The molecule has 2 aromatic rings. The molecule has 138 valence electrons. The van der Waals surface area contributed by atoms with E-state index in [9.17, 15) is 10.1 Å². The van der Waals surface area contributed by atoms with Crippen LogP contribution < -0.4 is 0 Å². The van der Waals surface area contributed by atoms with Gasteiger partial charge in [0.2, 0.25) is 4.77 Å². The summed E-state index contributed by atoms with van der Waals surface area (Å²) >= 11 is 5.41. The van der Waals surface area contributed by atoms with Crippen LogP contribution in [0.2, 0.25) is 0 Å². The second-order valence-corrected chi connectivity index (χ2v) is 6.62. The Kier molecular flexibility index (Phi) is 5.55. The van der Waals surface area contributed by atoms with Crippen molar-refractivity contribution in [3.05, 3.63) is 51.0 Å². The fraction of sp³-hybridized carbons (Fsp3) is 0.438. The minimum atomic E-state index is -0.440. The normalized spacial score (nSPS) is 21.3. The van der Waals surface area contributed by atoms with E-state index >= 15 is 0 Å². The Bertz CT molecular complexity index is 867. The Hall–Kier alpha value is -2.43. The molecule has 1 aliphatic heterocycles. The van der Waals surface area contributed by atoms with Crippen LogP contribution in [-0.2, 0) is 11.4 Å². The maximum atomic E-state index is 11.1. The number of hydrogen-bond donors (Lipinski definition) is 0. The topological polar surface area (TPSA) is 90.7 Å². The van der Waals surface area contributed by atoms with Gasteiger partial charge in [-0.2, -0.15) is 14.9 Å². The molecule has 3 rings (SSSR count). The summed E-state index contributed by atoms with van der Waals surface area (Å²) in [6, 6.07) is 6.40. The molecule has 0 radical (unpaired) electrons. The molecule has 0 spiro atoms. The number of nitrogens with zero attached hydrogens (tertiary/aromatic N) is 6. The monoisotopic (exact) mass is 376 g/mol. The van der Waals surface area contributed by atoms with Gasteiger partial charge in [-0.15, -0.1) is 0 Å². The summed E-state index contributed by atoms with van der Waals surface area (Å²) in [5, 5.41) is 19.6. The van der Waals surface area contributed by atoms with Gasteiger partial charge in [0, 0.05) is 19.2 Å². The van der Waals surface area contributed by atoms with Crippen LogP contribution in [0.25, 0.3) is 0 Å². The fourth-order valence-corrected chi connectivity index (χ4v) is 3.18. The summed E-state index contributed by atoms with van der Waals surface area (Å²) in [4.78, 5) is 12.8. The van der Waals surface area contributed by atoms with Crippen LogP contribution in [0.3, 0.4) is 0 Å².